The molecule has 1 aromatic carbocycles. The molecule has 1 heterocycles. The number of carbonyl (C=O) groups is 1. The van der Waals surface area contributed by atoms with Crippen LogP contribution in [0.5, 0.6) is 0 Å². The number of rotatable bonds is 4. The lowest BCUT2D eigenvalue weighted by atomic mass is 10.1. The third kappa shape index (κ3) is 3.81. The summed E-state index contributed by atoms with van der Waals surface area (Å²) in [5.41, 5.74) is 0.809. The Hall–Kier alpha value is -1.38. The van der Waals surface area contributed by atoms with Gasteiger partial charge in [0.25, 0.3) is 5.69 Å². The van der Waals surface area contributed by atoms with Crippen LogP contribution in [0.2, 0.25) is 0 Å². The van der Waals surface area contributed by atoms with Crippen molar-refractivity contribution in [2.45, 2.75) is 19.3 Å². The SMILES string of the molecule is O=C(CNc1ccc([N+](=O)[O-])cc1I)N1CCCCC1. The first kappa shape index (κ1) is 15.0. The quantitative estimate of drug-likeness (QED) is 0.488. The van der Waals surface area contributed by atoms with E-state index in [0.29, 0.717) is 0 Å². The predicted octanol–water partition coefficient (Wildman–Crippen LogP) is 2.62. The zero-order chi connectivity index (χ0) is 14.5. The number of nitro benzene ring substituents is 1. The van der Waals surface area contributed by atoms with Crippen molar-refractivity contribution >= 4 is 39.9 Å². The first-order valence-corrected chi connectivity index (χ1v) is 7.61. The van der Waals surface area contributed by atoms with Crippen LogP contribution < -0.4 is 5.32 Å². The van der Waals surface area contributed by atoms with Crippen LogP contribution in [0, 0.1) is 13.7 Å². The molecule has 1 aromatic rings. The van der Waals surface area contributed by atoms with Gasteiger partial charge in [0.1, 0.15) is 0 Å². The van der Waals surface area contributed by atoms with E-state index in [1.54, 1.807) is 6.07 Å². The summed E-state index contributed by atoms with van der Waals surface area (Å²) < 4.78 is 0.739. The van der Waals surface area contributed by atoms with Crippen LogP contribution in [0.4, 0.5) is 11.4 Å². The van der Waals surface area contributed by atoms with Gasteiger partial charge in [0.2, 0.25) is 5.91 Å². The number of likely N-dealkylation sites (tertiary alicyclic amines) is 1. The molecule has 2 rings (SSSR count). The lowest BCUT2D eigenvalue weighted by Gasteiger charge is -2.27. The summed E-state index contributed by atoms with van der Waals surface area (Å²) >= 11 is 2.03. The van der Waals surface area contributed by atoms with Crippen molar-refractivity contribution in [1.82, 2.24) is 4.90 Å². The van der Waals surface area contributed by atoms with Crippen LogP contribution in [0.15, 0.2) is 18.2 Å². The van der Waals surface area contributed by atoms with Gasteiger partial charge < -0.3 is 10.2 Å². The molecule has 6 nitrogen and oxygen atoms in total. The maximum atomic E-state index is 12.0. The maximum Gasteiger partial charge on any atom is 0.270 e. The average Bonchev–Trinajstić information content (AvgIpc) is 2.46. The van der Waals surface area contributed by atoms with Gasteiger partial charge in [-0.2, -0.15) is 0 Å². The highest BCUT2D eigenvalue weighted by molar-refractivity contribution is 14.1. The summed E-state index contributed by atoms with van der Waals surface area (Å²) in [4.78, 5) is 24.1. The number of hydrogen-bond donors (Lipinski definition) is 1. The number of halogens is 1. The Labute approximate surface area is 130 Å². The van der Waals surface area contributed by atoms with Crippen LogP contribution >= 0.6 is 22.6 Å². The fourth-order valence-electron chi connectivity index (χ4n) is 2.19. The Morgan fingerprint density at radius 2 is 2.05 bits per heavy atom. The van der Waals surface area contributed by atoms with E-state index in [1.165, 1.54) is 18.6 Å². The fraction of sp³-hybridized carbons (Fsp3) is 0.462. The Kier molecular flexibility index (Phi) is 5.16. The third-order valence-electron chi connectivity index (χ3n) is 3.30. The summed E-state index contributed by atoms with van der Waals surface area (Å²) in [5.74, 6) is 0.0823. The Balaban J connectivity index is 1.93. The molecule has 0 aliphatic carbocycles. The highest BCUT2D eigenvalue weighted by Gasteiger charge is 2.16. The molecular formula is C13H16IN3O3. The van der Waals surface area contributed by atoms with Crippen LogP contribution in [-0.4, -0.2) is 35.4 Å². The van der Waals surface area contributed by atoms with E-state index in [2.05, 4.69) is 5.32 Å². The molecule has 0 radical (unpaired) electrons. The van der Waals surface area contributed by atoms with E-state index in [0.717, 1.165) is 35.2 Å². The summed E-state index contributed by atoms with van der Waals surface area (Å²) in [6.07, 6.45) is 3.33. The molecule has 7 heteroatoms. The topological polar surface area (TPSA) is 75.5 Å². The minimum absolute atomic E-state index is 0.0577. The molecule has 20 heavy (non-hydrogen) atoms. The number of piperidine rings is 1. The number of nitrogens with zero attached hydrogens (tertiary/aromatic N) is 2. The van der Waals surface area contributed by atoms with E-state index >= 15 is 0 Å². The maximum absolute atomic E-state index is 12.0. The van der Waals surface area contributed by atoms with Gasteiger partial charge in [-0.05, 0) is 47.9 Å². The molecule has 1 aliphatic rings. The summed E-state index contributed by atoms with van der Waals surface area (Å²) in [7, 11) is 0. The normalized spacial score (nSPS) is 14.9. The number of nitro groups is 1. The zero-order valence-electron chi connectivity index (χ0n) is 11.0. The predicted molar refractivity (Wildman–Crippen MR) is 84.7 cm³/mol. The number of hydrogen-bond acceptors (Lipinski definition) is 4. The molecule has 1 amide bonds. The second-order valence-electron chi connectivity index (χ2n) is 4.72. The highest BCUT2D eigenvalue weighted by atomic mass is 127. The van der Waals surface area contributed by atoms with Crippen molar-refractivity contribution in [2.24, 2.45) is 0 Å². The highest BCUT2D eigenvalue weighted by Crippen LogP contribution is 2.23. The fourth-order valence-corrected chi connectivity index (χ4v) is 2.88. The Morgan fingerprint density at radius 3 is 2.65 bits per heavy atom. The minimum atomic E-state index is -0.426. The second-order valence-corrected chi connectivity index (χ2v) is 5.88. The number of amides is 1. The van der Waals surface area contributed by atoms with E-state index in [1.807, 2.05) is 27.5 Å². The molecular weight excluding hydrogens is 373 g/mol. The molecule has 1 fully saturated rings. The number of benzene rings is 1. The van der Waals surface area contributed by atoms with Gasteiger partial charge in [0.05, 0.1) is 11.5 Å². The molecule has 0 aromatic heterocycles. The first-order chi connectivity index (χ1) is 9.58. The summed E-state index contributed by atoms with van der Waals surface area (Å²) in [5, 5.41) is 13.7. The number of non-ortho nitro benzene ring substituents is 1. The van der Waals surface area contributed by atoms with Crippen LogP contribution in [-0.2, 0) is 4.79 Å². The van der Waals surface area contributed by atoms with Gasteiger partial charge in [-0.3, -0.25) is 14.9 Å². The van der Waals surface area contributed by atoms with Crippen molar-refractivity contribution in [3.8, 4) is 0 Å². The van der Waals surface area contributed by atoms with E-state index in [4.69, 9.17) is 0 Å². The lowest BCUT2D eigenvalue weighted by molar-refractivity contribution is -0.384. The smallest absolute Gasteiger partial charge is 0.270 e. The molecule has 1 saturated heterocycles. The van der Waals surface area contributed by atoms with Crippen molar-refractivity contribution in [2.75, 3.05) is 25.0 Å². The van der Waals surface area contributed by atoms with Crippen molar-refractivity contribution in [1.29, 1.82) is 0 Å². The van der Waals surface area contributed by atoms with E-state index in [-0.39, 0.29) is 18.1 Å². The Morgan fingerprint density at radius 1 is 1.35 bits per heavy atom. The van der Waals surface area contributed by atoms with Crippen LogP contribution in [0.1, 0.15) is 19.3 Å². The summed E-state index contributed by atoms with van der Waals surface area (Å²) in [6.45, 7) is 1.89. The van der Waals surface area contributed by atoms with Gasteiger partial charge in [0, 0.05) is 34.5 Å². The average molecular weight is 389 g/mol. The molecule has 0 bridgehead atoms. The monoisotopic (exact) mass is 389 g/mol. The zero-order valence-corrected chi connectivity index (χ0v) is 13.1. The minimum Gasteiger partial charge on any atom is -0.375 e. The number of nitrogens with one attached hydrogen (secondary N) is 1. The van der Waals surface area contributed by atoms with Gasteiger partial charge in [-0.1, -0.05) is 0 Å². The Bertz CT molecular complexity index is 516. The van der Waals surface area contributed by atoms with Gasteiger partial charge >= 0.3 is 0 Å². The van der Waals surface area contributed by atoms with Crippen molar-refractivity contribution in [3.63, 3.8) is 0 Å². The van der Waals surface area contributed by atoms with Crippen molar-refractivity contribution in [3.05, 3.63) is 31.9 Å². The van der Waals surface area contributed by atoms with E-state index in [9.17, 15) is 14.9 Å². The number of carbonyl (C=O) groups excluding carboxylic acids is 1. The van der Waals surface area contributed by atoms with Gasteiger partial charge in [0.15, 0.2) is 0 Å². The van der Waals surface area contributed by atoms with Gasteiger partial charge in [-0.25, -0.2) is 0 Å². The van der Waals surface area contributed by atoms with Crippen molar-refractivity contribution < 1.29 is 9.72 Å². The molecule has 0 spiro atoms. The second kappa shape index (κ2) is 6.87. The van der Waals surface area contributed by atoms with Crippen LogP contribution in [0.3, 0.4) is 0 Å². The summed E-state index contributed by atoms with van der Waals surface area (Å²) in [6, 6.07) is 4.58. The largest absolute Gasteiger partial charge is 0.375 e. The first-order valence-electron chi connectivity index (χ1n) is 6.53. The van der Waals surface area contributed by atoms with E-state index < -0.39 is 4.92 Å². The standard InChI is InChI=1S/C13H16IN3O3/c14-11-8-10(17(19)20)4-5-12(11)15-9-13(18)16-6-2-1-3-7-16/h4-5,8,15H,1-3,6-7,9H2. The molecule has 1 aliphatic heterocycles. The number of anilines is 1. The van der Waals surface area contributed by atoms with Gasteiger partial charge in [-0.15, -0.1) is 0 Å². The third-order valence-corrected chi connectivity index (χ3v) is 4.19. The molecule has 0 saturated carbocycles. The molecule has 1 N–H and O–H groups in total. The molecule has 0 unspecified atom stereocenters. The molecule has 108 valence electrons. The molecule has 0 atom stereocenters. The van der Waals surface area contributed by atoms with Crippen LogP contribution in [0.25, 0.3) is 0 Å². The lowest BCUT2D eigenvalue weighted by Crippen LogP contribution is -2.39.